The molecule has 0 spiro atoms. The van der Waals surface area contributed by atoms with E-state index < -0.39 is 0 Å². The molecular formula is C17H22N2O. The van der Waals surface area contributed by atoms with E-state index in [9.17, 15) is 4.79 Å². The van der Waals surface area contributed by atoms with Crippen LogP contribution in [0.3, 0.4) is 0 Å². The first kappa shape index (κ1) is 14.4. The fourth-order valence-corrected chi connectivity index (χ4v) is 2.22. The third-order valence-corrected chi connectivity index (χ3v) is 3.15. The average molecular weight is 270 g/mol. The summed E-state index contributed by atoms with van der Waals surface area (Å²) in [6.45, 7) is 5.48. The van der Waals surface area contributed by atoms with E-state index in [1.165, 1.54) is 10.8 Å². The fraction of sp³-hybridized carbons (Fsp3) is 0.353. The third kappa shape index (κ3) is 3.98. The van der Waals surface area contributed by atoms with Gasteiger partial charge in [0.25, 0.3) is 0 Å². The highest BCUT2D eigenvalue weighted by Gasteiger charge is 2.03. The molecule has 2 aromatic carbocycles. The Kier molecular flexibility index (Phi) is 4.99. The van der Waals surface area contributed by atoms with Crippen molar-refractivity contribution in [3.63, 3.8) is 0 Å². The Balaban J connectivity index is 1.86. The van der Waals surface area contributed by atoms with Gasteiger partial charge in [-0.1, -0.05) is 50.2 Å². The lowest BCUT2D eigenvalue weighted by molar-refractivity contribution is -0.121. The van der Waals surface area contributed by atoms with Crippen LogP contribution >= 0.6 is 0 Å². The zero-order chi connectivity index (χ0) is 14.4. The van der Waals surface area contributed by atoms with E-state index in [1.807, 2.05) is 32.0 Å². The Hall–Kier alpha value is -2.03. The summed E-state index contributed by atoms with van der Waals surface area (Å²) in [6, 6.07) is 14.5. The van der Waals surface area contributed by atoms with Crippen LogP contribution in [0.1, 0.15) is 20.3 Å². The van der Waals surface area contributed by atoms with Crippen molar-refractivity contribution in [3.05, 3.63) is 42.5 Å². The number of benzene rings is 2. The van der Waals surface area contributed by atoms with E-state index in [0.717, 1.165) is 12.2 Å². The van der Waals surface area contributed by atoms with Gasteiger partial charge >= 0.3 is 0 Å². The predicted octanol–water partition coefficient (Wildman–Crippen LogP) is 3.41. The standard InChI is InChI=1S/C17H22N2O/c1-13(2)12-17(20)19-11-10-18-16-9-5-7-14-6-3-4-8-15(14)16/h3-9,13,18H,10-12H2,1-2H3,(H,19,20). The molecule has 0 bridgehead atoms. The molecule has 0 saturated heterocycles. The fourth-order valence-electron chi connectivity index (χ4n) is 2.22. The predicted molar refractivity (Wildman–Crippen MR) is 84.9 cm³/mol. The SMILES string of the molecule is CC(C)CC(=O)NCCNc1cccc2ccccc12. The van der Waals surface area contributed by atoms with Gasteiger partial charge in [-0.25, -0.2) is 0 Å². The van der Waals surface area contributed by atoms with Crippen molar-refractivity contribution in [2.45, 2.75) is 20.3 Å². The van der Waals surface area contributed by atoms with Crippen LogP contribution in [0.2, 0.25) is 0 Å². The van der Waals surface area contributed by atoms with Gasteiger partial charge in [0.2, 0.25) is 5.91 Å². The highest BCUT2D eigenvalue weighted by atomic mass is 16.1. The quantitative estimate of drug-likeness (QED) is 0.790. The van der Waals surface area contributed by atoms with Gasteiger partial charge in [0.05, 0.1) is 0 Å². The Labute approximate surface area is 120 Å². The first-order chi connectivity index (χ1) is 9.66. The molecule has 0 fully saturated rings. The molecule has 0 atom stereocenters. The minimum atomic E-state index is 0.125. The van der Waals surface area contributed by atoms with E-state index in [4.69, 9.17) is 0 Å². The van der Waals surface area contributed by atoms with Crippen LogP contribution in [0.15, 0.2) is 42.5 Å². The van der Waals surface area contributed by atoms with Crippen LogP contribution in [0.5, 0.6) is 0 Å². The first-order valence-corrected chi connectivity index (χ1v) is 7.15. The minimum absolute atomic E-state index is 0.125. The largest absolute Gasteiger partial charge is 0.383 e. The van der Waals surface area contributed by atoms with E-state index in [2.05, 4.69) is 34.9 Å². The van der Waals surface area contributed by atoms with Crippen molar-refractivity contribution in [2.24, 2.45) is 5.92 Å². The van der Waals surface area contributed by atoms with Crippen LogP contribution in [0, 0.1) is 5.92 Å². The number of fused-ring (bicyclic) bond motifs is 1. The molecule has 20 heavy (non-hydrogen) atoms. The molecule has 0 aromatic heterocycles. The Bertz CT molecular complexity index is 573. The van der Waals surface area contributed by atoms with Gasteiger partial charge in [-0.3, -0.25) is 4.79 Å². The van der Waals surface area contributed by atoms with Gasteiger partial charge in [0.15, 0.2) is 0 Å². The third-order valence-electron chi connectivity index (χ3n) is 3.15. The molecule has 2 rings (SSSR count). The number of nitrogens with one attached hydrogen (secondary N) is 2. The number of rotatable bonds is 6. The van der Waals surface area contributed by atoms with Gasteiger partial charge in [-0.2, -0.15) is 0 Å². The van der Waals surface area contributed by atoms with Crippen LogP contribution in [0.25, 0.3) is 10.8 Å². The normalized spacial score (nSPS) is 10.8. The second-order valence-electron chi connectivity index (χ2n) is 5.40. The Morgan fingerprint density at radius 1 is 1.05 bits per heavy atom. The second kappa shape index (κ2) is 6.94. The molecule has 2 aromatic rings. The smallest absolute Gasteiger partial charge is 0.220 e. The highest BCUT2D eigenvalue weighted by molar-refractivity contribution is 5.93. The lowest BCUT2D eigenvalue weighted by Crippen LogP contribution is -2.29. The Morgan fingerprint density at radius 3 is 2.60 bits per heavy atom. The summed E-state index contributed by atoms with van der Waals surface area (Å²) in [7, 11) is 0. The van der Waals surface area contributed by atoms with E-state index in [1.54, 1.807) is 0 Å². The number of anilines is 1. The van der Waals surface area contributed by atoms with Gasteiger partial charge < -0.3 is 10.6 Å². The molecule has 0 saturated carbocycles. The molecule has 1 amide bonds. The van der Waals surface area contributed by atoms with Gasteiger partial charge in [-0.15, -0.1) is 0 Å². The maximum absolute atomic E-state index is 11.5. The monoisotopic (exact) mass is 270 g/mol. The molecule has 3 heteroatoms. The van der Waals surface area contributed by atoms with Crippen LogP contribution in [-0.4, -0.2) is 19.0 Å². The number of carbonyl (C=O) groups excluding carboxylic acids is 1. The summed E-state index contributed by atoms with van der Waals surface area (Å²) in [5, 5.41) is 8.75. The first-order valence-electron chi connectivity index (χ1n) is 7.15. The number of amides is 1. The van der Waals surface area contributed by atoms with E-state index in [-0.39, 0.29) is 5.91 Å². The molecule has 2 N–H and O–H groups in total. The zero-order valence-electron chi connectivity index (χ0n) is 12.1. The summed E-state index contributed by atoms with van der Waals surface area (Å²) in [4.78, 5) is 11.5. The van der Waals surface area contributed by atoms with E-state index in [0.29, 0.717) is 18.9 Å². The molecule has 0 unspecified atom stereocenters. The zero-order valence-corrected chi connectivity index (χ0v) is 12.1. The summed E-state index contributed by atoms with van der Waals surface area (Å²) >= 11 is 0. The molecule has 0 aliphatic heterocycles. The number of hydrogen-bond acceptors (Lipinski definition) is 2. The van der Waals surface area contributed by atoms with Crippen molar-refractivity contribution in [3.8, 4) is 0 Å². The van der Waals surface area contributed by atoms with Gasteiger partial charge in [0, 0.05) is 30.6 Å². The van der Waals surface area contributed by atoms with Crippen molar-refractivity contribution < 1.29 is 4.79 Å². The topological polar surface area (TPSA) is 41.1 Å². The maximum atomic E-state index is 11.5. The van der Waals surface area contributed by atoms with Crippen molar-refractivity contribution in [2.75, 3.05) is 18.4 Å². The van der Waals surface area contributed by atoms with Gasteiger partial charge in [-0.05, 0) is 17.4 Å². The summed E-state index contributed by atoms with van der Waals surface area (Å²) in [5.74, 6) is 0.528. The molecule has 0 aliphatic rings. The molecule has 3 nitrogen and oxygen atoms in total. The molecule has 0 heterocycles. The summed E-state index contributed by atoms with van der Waals surface area (Å²) in [6.07, 6.45) is 0.592. The van der Waals surface area contributed by atoms with Crippen LogP contribution in [0.4, 0.5) is 5.69 Å². The van der Waals surface area contributed by atoms with Crippen molar-refractivity contribution >= 4 is 22.4 Å². The van der Waals surface area contributed by atoms with Crippen LogP contribution in [-0.2, 0) is 4.79 Å². The van der Waals surface area contributed by atoms with E-state index >= 15 is 0 Å². The molecular weight excluding hydrogens is 248 g/mol. The van der Waals surface area contributed by atoms with Crippen LogP contribution < -0.4 is 10.6 Å². The van der Waals surface area contributed by atoms with Gasteiger partial charge in [0.1, 0.15) is 0 Å². The maximum Gasteiger partial charge on any atom is 0.220 e. The minimum Gasteiger partial charge on any atom is -0.383 e. The lowest BCUT2D eigenvalue weighted by Gasteiger charge is -2.11. The van der Waals surface area contributed by atoms with Crippen molar-refractivity contribution in [1.29, 1.82) is 0 Å². The molecule has 106 valence electrons. The lowest BCUT2D eigenvalue weighted by atomic mass is 10.1. The number of carbonyl (C=O) groups is 1. The highest BCUT2D eigenvalue weighted by Crippen LogP contribution is 2.22. The Morgan fingerprint density at radius 2 is 1.80 bits per heavy atom. The summed E-state index contributed by atoms with van der Waals surface area (Å²) < 4.78 is 0. The second-order valence-corrected chi connectivity index (χ2v) is 5.40. The number of hydrogen-bond donors (Lipinski definition) is 2. The van der Waals surface area contributed by atoms with Crippen molar-refractivity contribution in [1.82, 2.24) is 5.32 Å². The molecule has 0 aliphatic carbocycles. The average Bonchev–Trinajstić information content (AvgIpc) is 2.43. The summed E-state index contributed by atoms with van der Waals surface area (Å²) in [5.41, 5.74) is 1.11. The molecule has 0 radical (unpaired) electrons.